The minimum absolute atomic E-state index is 0.00425. The van der Waals surface area contributed by atoms with Crippen LogP contribution < -0.4 is 9.80 Å². The van der Waals surface area contributed by atoms with Crippen molar-refractivity contribution in [2.24, 2.45) is 5.92 Å². The van der Waals surface area contributed by atoms with Crippen LogP contribution in [0.15, 0.2) is 88.7 Å². The number of nitrogens with zero attached hydrogens (tertiary/aromatic N) is 3. The number of aryl methyl sites for hydroxylation is 1. The minimum Gasteiger partial charge on any atom is -0.503 e. The van der Waals surface area contributed by atoms with E-state index in [2.05, 4.69) is 16.8 Å². The predicted molar refractivity (Wildman–Crippen MR) is 152 cm³/mol. The molecule has 1 atom stereocenters. The van der Waals surface area contributed by atoms with E-state index in [0.717, 1.165) is 43.1 Å². The molecule has 1 fully saturated rings. The maximum atomic E-state index is 14.0. The van der Waals surface area contributed by atoms with E-state index < -0.39 is 23.5 Å². The second-order valence-electron chi connectivity index (χ2n) is 10.2. The lowest BCUT2D eigenvalue weighted by atomic mass is 9.98. The third kappa shape index (κ3) is 4.55. The first kappa shape index (κ1) is 25.1. The fraction of sp³-hybridized carbons (Fsp3) is 0.258. The summed E-state index contributed by atoms with van der Waals surface area (Å²) in [6.07, 6.45) is 3.81. The Morgan fingerprint density at radius 1 is 1.00 bits per heavy atom. The Balaban J connectivity index is 1.35. The van der Waals surface area contributed by atoms with E-state index in [9.17, 15) is 14.7 Å². The Morgan fingerprint density at radius 2 is 1.69 bits per heavy atom. The van der Waals surface area contributed by atoms with Crippen LogP contribution in [0.25, 0.3) is 10.6 Å². The van der Waals surface area contributed by atoms with Crippen molar-refractivity contribution < 1.29 is 19.1 Å². The molecule has 1 N–H and O–H groups in total. The van der Waals surface area contributed by atoms with Gasteiger partial charge in [0.25, 0.3) is 5.91 Å². The van der Waals surface area contributed by atoms with E-state index in [-0.39, 0.29) is 5.57 Å². The van der Waals surface area contributed by atoms with Gasteiger partial charge in [-0.15, -0.1) is 11.3 Å². The number of carbonyl (C=O) groups excluding carboxylic acids is 2. The minimum atomic E-state index is -0.900. The smallest absolute Gasteiger partial charge is 0.294 e. The SMILES string of the molecule is Cc1nc(-c2ccccc2)sc1C(=O)C1=C(O)C(=O)N(c2ccc(N3CCC(C)CC3)cc2)C1c1ccco1. The molecule has 4 heterocycles. The first-order valence-electron chi connectivity index (χ1n) is 13.1. The van der Waals surface area contributed by atoms with Gasteiger partial charge >= 0.3 is 0 Å². The maximum Gasteiger partial charge on any atom is 0.294 e. The van der Waals surface area contributed by atoms with Crippen LogP contribution in [0.4, 0.5) is 11.4 Å². The molecule has 7 nitrogen and oxygen atoms in total. The van der Waals surface area contributed by atoms with Gasteiger partial charge < -0.3 is 14.4 Å². The summed E-state index contributed by atoms with van der Waals surface area (Å²) < 4.78 is 5.70. The summed E-state index contributed by atoms with van der Waals surface area (Å²) >= 11 is 1.25. The van der Waals surface area contributed by atoms with E-state index >= 15 is 0 Å². The molecule has 1 amide bonds. The van der Waals surface area contributed by atoms with Crippen molar-refractivity contribution in [3.05, 3.63) is 101 Å². The van der Waals surface area contributed by atoms with Crippen LogP contribution in [0.5, 0.6) is 0 Å². The lowest BCUT2D eigenvalue weighted by Crippen LogP contribution is -2.33. The van der Waals surface area contributed by atoms with Gasteiger partial charge in [-0.3, -0.25) is 14.5 Å². The molecule has 0 spiro atoms. The van der Waals surface area contributed by atoms with Crippen LogP contribution in [0.1, 0.15) is 46.9 Å². The van der Waals surface area contributed by atoms with Crippen LogP contribution in [0, 0.1) is 12.8 Å². The standard InChI is InChI=1S/C31H29N3O4S/c1-19-14-16-33(17-15-19)22-10-12-23(13-11-22)34-26(24-9-6-18-38-24)25(28(36)31(34)37)27(35)29-20(2)32-30(39-29)21-7-4-3-5-8-21/h3-13,18-19,26,36H,14-17H2,1-2H3. The molecule has 2 aromatic heterocycles. The van der Waals surface area contributed by atoms with Crippen molar-refractivity contribution in [1.82, 2.24) is 4.98 Å². The van der Waals surface area contributed by atoms with Crippen LogP contribution in [-0.2, 0) is 4.79 Å². The Hall–Kier alpha value is -4.17. The van der Waals surface area contributed by atoms with Gasteiger partial charge in [-0.1, -0.05) is 37.3 Å². The van der Waals surface area contributed by atoms with Gasteiger partial charge in [0.05, 0.1) is 22.4 Å². The van der Waals surface area contributed by atoms with E-state index in [1.165, 1.54) is 22.5 Å². The van der Waals surface area contributed by atoms with Crippen LogP contribution >= 0.6 is 11.3 Å². The summed E-state index contributed by atoms with van der Waals surface area (Å²) in [5, 5.41) is 11.8. The van der Waals surface area contributed by atoms with Crippen molar-refractivity contribution >= 4 is 34.4 Å². The molecular weight excluding hydrogens is 510 g/mol. The molecule has 1 unspecified atom stereocenters. The first-order valence-corrected chi connectivity index (χ1v) is 14.0. The summed E-state index contributed by atoms with van der Waals surface area (Å²) in [7, 11) is 0. The Labute approximate surface area is 231 Å². The van der Waals surface area contributed by atoms with E-state index in [4.69, 9.17) is 4.42 Å². The van der Waals surface area contributed by atoms with Gasteiger partial charge in [0.15, 0.2) is 5.76 Å². The Kier molecular flexibility index (Phi) is 6.56. The van der Waals surface area contributed by atoms with Gasteiger partial charge in [-0.2, -0.15) is 0 Å². The predicted octanol–water partition coefficient (Wildman–Crippen LogP) is 6.73. The first-order chi connectivity index (χ1) is 18.9. The van der Waals surface area contributed by atoms with Crippen molar-refractivity contribution in [3.63, 3.8) is 0 Å². The normalized spacial score (nSPS) is 18.3. The highest BCUT2D eigenvalue weighted by atomic mass is 32.1. The van der Waals surface area contributed by atoms with Gasteiger partial charge in [-0.05, 0) is 62.1 Å². The lowest BCUT2D eigenvalue weighted by molar-refractivity contribution is -0.117. The van der Waals surface area contributed by atoms with Crippen molar-refractivity contribution in [3.8, 4) is 10.6 Å². The number of hydrogen-bond donors (Lipinski definition) is 1. The largest absolute Gasteiger partial charge is 0.503 e. The van der Waals surface area contributed by atoms with E-state index in [0.29, 0.717) is 27.0 Å². The summed E-state index contributed by atoms with van der Waals surface area (Å²) in [5.74, 6) is -0.502. The molecule has 198 valence electrons. The average Bonchev–Trinajstić information content (AvgIpc) is 3.69. The second kappa shape index (κ2) is 10.2. The quantitative estimate of drug-likeness (QED) is 0.273. The van der Waals surface area contributed by atoms with Crippen molar-refractivity contribution in [2.75, 3.05) is 22.9 Å². The summed E-state index contributed by atoms with van der Waals surface area (Å²) in [5.41, 5.74) is 3.12. The zero-order valence-electron chi connectivity index (χ0n) is 21.8. The number of aliphatic hydroxyl groups excluding tert-OH is 1. The number of piperidine rings is 1. The third-order valence-electron chi connectivity index (χ3n) is 7.57. The summed E-state index contributed by atoms with van der Waals surface area (Å²) in [6.45, 7) is 6.05. The number of benzene rings is 2. The number of hydrogen-bond acceptors (Lipinski definition) is 7. The molecule has 6 rings (SSSR count). The lowest BCUT2D eigenvalue weighted by Gasteiger charge is -2.32. The van der Waals surface area contributed by atoms with Crippen LogP contribution in [0.3, 0.4) is 0 Å². The molecular formula is C31H29N3O4S. The molecule has 0 aliphatic carbocycles. The Bertz CT molecular complexity index is 1530. The zero-order valence-corrected chi connectivity index (χ0v) is 22.6. The van der Waals surface area contributed by atoms with Gasteiger partial charge in [-0.25, -0.2) is 4.98 Å². The molecule has 0 radical (unpaired) electrons. The second-order valence-corrected chi connectivity index (χ2v) is 11.2. The number of aliphatic hydroxyl groups is 1. The average molecular weight is 540 g/mol. The molecule has 0 bridgehead atoms. The number of ketones is 1. The van der Waals surface area contributed by atoms with Crippen molar-refractivity contribution in [2.45, 2.75) is 32.7 Å². The monoisotopic (exact) mass is 539 g/mol. The number of carbonyl (C=O) groups is 2. The number of amides is 1. The zero-order chi connectivity index (χ0) is 27.1. The molecule has 2 aromatic carbocycles. The number of thiazole rings is 1. The van der Waals surface area contributed by atoms with Crippen LogP contribution in [-0.4, -0.2) is 34.9 Å². The van der Waals surface area contributed by atoms with Gasteiger partial charge in [0, 0.05) is 30.0 Å². The van der Waals surface area contributed by atoms with Crippen LogP contribution in [0.2, 0.25) is 0 Å². The summed E-state index contributed by atoms with van der Waals surface area (Å²) in [6, 6.07) is 19.9. The highest BCUT2D eigenvalue weighted by Gasteiger charge is 2.46. The fourth-order valence-corrected chi connectivity index (χ4v) is 6.37. The van der Waals surface area contributed by atoms with Gasteiger partial charge in [0.1, 0.15) is 16.8 Å². The number of furan rings is 1. The van der Waals surface area contributed by atoms with Gasteiger partial charge in [0.2, 0.25) is 5.78 Å². The highest BCUT2D eigenvalue weighted by molar-refractivity contribution is 7.17. The molecule has 39 heavy (non-hydrogen) atoms. The number of Topliss-reactive ketones (excluding diaryl/α,β-unsaturated/α-hetero) is 1. The Morgan fingerprint density at radius 3 is 2.36 bits per heavy atom. The molecule has 2 aliphatic rings. The van der Waals surface area contributed by atoms with E-state index in [1.54, 1.807) is 19.1 Å². The maximum absolute atomic E-state index is 14.0. The molecule has 0 saturated carbocycles. The molecule has 4 aromatic rings. The topological polar surface area (TPSA) is 86.9 Å². The highest BCUT2D eigenvalue weighted by Crippen LogP contribution is 2.43. The fourth-order valence-electron chi connectivity index (χ4n) is 5.34. The molecule has 2 aliphatic heterocycles. The number of rotatable bonds is 6. The number of anilines is 2. The number of aromatic nitrogens is 1. The third-order valence-corrected chi connectivity index (χ3v) is 8.77. The van der Waals surface area contributed by atoms with Crippen molar-refractivity contribution in [1.29, 1.82) is 0 Å². The molecule has 1 saturated heterocycles. The van der Waals surface area contributed by atoms with E-state index in [1.807, 2.05) is 54.6 Å². The summed E-state index contributed by atoms with van der Waals surface area (Å²) in [4.78, 5) is 36.2. The molecule has 8 heteroatoms.